The molecule has 1 aromatic carbocycles. The zero-order valence-electron chi connectivity index (χ0n) is 13.7. The smallest absolute Gasteiger partial charge is 0.260 e. The molecule has 3 aromatic rings. The molecule has 1 saturated heterocycles. The largest absolute Gasteiger partial charge is 0.397 e. The Hall–Kier alpha value is -2.64. The van der Waals surface area contributed by atoms with Crippen LogP contribution in [0.1, 0.15) is 9.67 Å². The average molecular weight is 353 g/mol. The number of carbonyl (C=O) groups excluding carboxylic acids is 1. The molecule has 1 aliphatic heterocycles. The van der Waals surface area contributed by atoms with Crippen molar-refractivity contribution in [2.24, 2.45) is 5.73 Å². The number of nitrogen functional groups attached to an aromatic ring is 1. The zero-order valence-corrected chi connectivity index (χ0v) is 14.5. The van der Waals surface area contributed by atoms with Crippen molar-refractivity contribution in [3.8, 4) is 11.1 Å². The highest BCUT2D eigenvalue weighted by Gasteiger charge is 2.21. The molecule has 6 nitrogen and oxygen atoms in total. The molecule has 1 amide bonds. The van der Waals surface area contributed by atoms with Gasteiger partial charge in [0, 0.05) is 31.6 Å². The fourth-order valence-corrected chi connectivity index (χ4v) is 4.16. The monoisotopic (exact) mass is 353 g/mol. The summed E-state index contributed by atoms with van der Waals surface area (Å²) in [6.45, 7) is 3.66. The molecule has 25 heavy (non-hydrogen) atoms. The van der Waals surface area contributed by atoms with Gasteiger partial charge in [-0.15, -0.1) is 11.3 Å². The van der Waals surface area contributed by atoms with E-state index in [9.17, 15) is 4.79 Å². The predicted molar refractivity (Wildman–Crippen MR) is 103 cm³/mol. The highest BCUT2D eigenvalue weighted by atomic mass is 32.1. The number of nitrogens with two attached hydrogens (primary N) is 2. The summed E-state index contributed by atoms with van der Waals surface area (Å²) in [6, 6.07) is 12.1. The first-order valence-corrected chi connectivity index (χ1v) is 9.00. The maximum Gasteiger partial charge on any atom is 0.260 e. The number of pyridine rings is 1. The molecule has 0 unspecified atom stereocenters. The van der Waals surface area contributed by atoms with Crippen molar-refractivity contribution in [3.63, 3.8) is 0 Å². The number of primary amides is 1. The highest BCUT2D eigenvalue weighted by molar-refractivity contribution is 7.21. The molecule has 7 heteroatoms. The van der Waals surface area contributed by atoms with Crippen molar-refractivity contribution in [1.82, 2.24) is 10.3 Å². The van der Waals surface area contributed by atoms with Crippen LogP contribution >= 0.6 is 11.3 Å². The number of hydrogen-bond donors (Lipinski definition) is 3. The molecule has 0 bridgehead atoms. The second kappa shape index (κ2) is 6.34. The number of thiophene rings is 1. The maximum absolute atomic E-state index is 11.7. The first kappa shape index (κ1) is 15.9. The lowest BCUT2D eigenvalue weighted by Crippen LogP contribution is -2.43. The van der Waals surface area contributed by atoms with E-state index in [4.69, 9.17) is 16.5 Å². The molecule has 0 radical (unpaired) electrons. The summed E-state index contributed by atoms with van der Waals surface area (Å²) in [5, 5.41) is 4.16. The number of hydrogen-bond acceptors (Lipinski definition) is 6. The lowest BCUT2D eigenvalue weighted by Gasteiger charge is -2.28. The van der Waals surface area contributed by atoms with Crippen LogP contribution < -0.4 is 21.7 Å². The topological polar surface area (TPSA) is 97.3 Å². The first-order valence-electron chi connectivity index (χ1n) is 8.19. The minimum absolute atomic E-state index is 0.372. The van der Waals surface area contributed by atoms with E-state index in [0.717, 1.165) is 53.3 Å². The van der Waals surface area contributed by atoms with Crippen molar-refractivity contribution in [2.75, 3.05) is 36.8 Å². The number of nitrogens with zero attached hydrogens (tertiary/aromatic N) is 2. The number of rotatable bonds is 3. The van der Waals surface area contributed by atoms with Crippen LogP contribution in [0, 0.1) is 0 Å². The third kappa shape index (κ3) is 2.81. The van der Waals surface area contributed by atoms with Crippen molar-refractivity contribution in [2.45, 2.75) is 0 Å². The van der Waals surface area contributed by atoms with Crippen molar-refractivity contribution in [3.05, 3.63) is 41.3 Å². The lowest BCUT2D eigenvalue weighted by molar-refractivity contribution is 0.100. The van der Waals surface area contributed by atoms with Crippen LogP contribution in [0.15, 0.2) is 36.4 Å². The fraction of sp³-hybridized carbons (Fsp3) is 0.222. The fourth-order valence-electron chi connectivity index (χ4n) is 3.19. The minimum Gasteiger partial charge on any atom is -0.397 e. The summed E-state index contributed by atoms with van der Waals surface area (Å²) in [6.07, 6.45) is 0. The average Bonchev–Trinajstić information content (AvgIpc) is 2.99. The predicted octanol–water partition coefficient (Wildman–Crippen LogP) is 2.05. The number of piperazine rings is 1. The van der Waals surface area contributed by atoms with E-state index in [1.54, 1.807) is 0 Å². The first-order chi connectivity index (χ1) is 12.1. The normalized spacial score (nSPS) is 14.8. The van der Waals surface area contributed by atoms with Gasteiger partial charge in [-0.1, -0.05) is 30.3 Å². The summed E-state index contributed by atoms with van der Waals surface area (Å²) < 4.78 is 0. The van der Waals surface area contributed by atoms with Crippen LogP contribution in [-0.4, -0.2) is 37.1 Å². The second-order valence-corrected chi connectivity index (χ2v) is 7.02. The van der Waals surface area contributed by atoms with Gasteiger partial charge in [0.1, 0.15) is 15.5 Å². The van der Waals surface area contributed by atoms with Crippen LogP contribution in [-0.2, 0) is 0 Å². The number of aromatic nitrogens is 1. The molecule has 0 atom stereocenters. The van der Waals surface area contributed by atoms with E-state index in [2.05, 4.69) is 16.3 Å². The number of anilines is 2. The number of carbonyl (C=O) groups is 1. The summed E-state index contributed by atoms with van der Waals surface area (Å²) >= 11 is 1.27. The Labute approximate surface area is 149 Å². The van der Waals surface area contributed by atoms with Crippen molar-refractivity contribution >= 4 is 39.0 Å². The van der Waals surface area contributed by atoms with Crippen molar-refractivity contribution < 1.29 is 4.79 Å². The second-order valence-electron chi connectivity index (χ2n) is 6.02. The summed E-state index contributed by atoms with van der Waals surface area (Å²) in [7, 11) is 0. The molecule has 1 fully saturated rings. The highest BCUT2D eigenvalue weighted by Crippen LogP contribution is 2.40. The Bertz CT molecular complexity index is 932. The van der Waals surface area contributed by atoms with E-state index >= 15 is 0 Å². The van der Waals surface area contributed by atoms with Gasteiger partial charge in [0.15, 0.2) is 0 Å². The van der Waals surface area contributed by atoms with Crippen molar-refractivity contribution in [1.29, 1.82) is 0 Å². The molecule has 0 aliphatic carbocycles. The minimum atomic E-state index is -0.511. The lowest BCUT2D eigenvalue weighted by atomic mass is 10.0. The quantitative estimate of drug-likeness (QED) is 0.669. The third-order valence-corrected chi connectivity index (χ3v) is 5.55. The van der Waals surface area contributed by atoms with Crippen LogP contribution in [0.25, 0.3) is 21.3 Å². The van der Waals surface area contributed by atoms with Gasteiger partial charge in [0.2, 0.25) is 0 Å². The van der Waals surface area contributed by atoms with Crippen LogP contribution in [0.2, 0.25) is 0 Å². The van der Waals surface area contributed by atoms with Gasteiger partial charge < -0.3 is 21.7 Å². The van der Waals surface area contributed by atoms with E-state index in [1.807, 2.05) is 30.3 Å². The summed E-state index contributed by atoms with van der Waals surface area (Å²) in [5.74, 6) is 0.397. The van der Waals surface area contributed by atoms with Gasteiger partial charge in [-0.05, 0) is 17.2 Å². The zero-order chi connectivity index (χ0) is 17.4. The molecule has 2 aromatic heterocycles. The Kier molecular flexibility index (Phi) is 4.03. The Morgan fingerprint density at radius 1 is 1.20 bits per heavy atom. The van der Waals surface area contributed by atoms with E-state index in [1.165, 1.54) is 11.3 Å². The van der Waals surface area contributed by atoms with Gasteiger partial charge in [0.25, 0.3) is 5.91 Å². The maximum atomic E-state index is 11.7. The van der Waals surface area contributed by atoms with Gasteiger partial charge in [-0.25, -0.2) is 4.98 Å². The molecule has 3 heterocycles. The number of nitrogens with one attached hydrogen (secondary N) is 1. The Balaban J connectivity index is 1.96. The molecule has 4 rings (SSSR count). The molecule has 0 spiro atoms. The van der Waals surface area contributed by atoms with Crippen LogP contribution in [0.5, 0.6) is 0 Å². The molecule has 1 aliphatic rings. The van der Waals surface area contributed by atoms with Gasteiger partial charge >= 0.3 is 0 Å². The molecule has 128 valence electrons. The SMILES string of the molecule is NC(=O)c1sc2nc(N3CCNCC3)cc(-c3ccccc3)c2c1N. The van der Waals surface area contributed by atoms with Gasteiger partial charge in [-0.2, -0.15) is 0 Å². The molecular formula is C18H19N5OS. The number of amides is 1. The number of benzene rings is 1. The van der Waals surface area contributed by atoms with Crippen LogP contribution in [0.4, 0.5) is 11.5 Å². The van der Waals surface area contributed by atoms with E-state index < -0.39 is 5.91 Å². The van der Waals surface area contributed by atoms with Crippen LogP contribution in [0.3, 0.4) is 0 Å². The summed E-state index contributed by atoms with van der Waals surface area (Å²) in [5.41, 5.74) is 14.2. The van der Waals surface area contributed by atoms with Gasteiger partial charge in [-0.3, -0.25) is 4.79 Å². The van der Waals surface area contributed by atoms with E-state index in [-0.39, 0.29) is 0 Å². The molecular weight excluding hydrogens is 334 g/mol. The standard InChI is InChI=1S/C18H19N5OS/c19-15-14-12(11-4-2-1-3-5-11)10-13(23-8-6-21-7-9-23)22-18(14)25-16(15)17(20)24/h1-5,10,21H,6-9,19H2,(H2,20,24). The third-order valence-electron chi connectivity index (χ3n) is 4.44. The van der Waals surface area contributed by atoms with E-state index in [0.29, 0.717) is 10.6 Å². The molecule has 0 saturated carbocycles. The Morgan fingerprint density at radius 2 is 1.92 bits per heavy atom. The Morgan fingerprint density at radius 3 is 2.60 bits per heavy atom. The summed E-state index contributed by atoms with van der Waals surface area (Å²) in [4.78, 5) is 19.9. The van der Waals surface area contributed by atoms with Gasteiger partial charge in [0.05, 0.1) is 5.69 Å². The number of fused-ring (bicyclic) bond motifs is 1. The molecule has 5 N–H and O–H groups in total.